The van der Waals surface area contributed by atoms with Gasteiger partial charge in [0.05, 0.1) is 18.4 Å². The van der Waals surface area contributed by atoms with Crippen molar-refractivity contribution in [3.63, 3.8) is 0 Å². The molecule has 0 aliphatic rings. The summed E-state index contributed by atoms with van der Waals surface area (Å²) in [6.07, 6.45) is 3.60. The molecule has 3 aromatic carbocycles. The summed E-state index contributed by atoms with van der Waals surface area (Å²) in [5, 5.41) is 14.6. The number of hydrogen-bond acceptors (Lipinski definition) is 8. The second kappa shape index (κ2) is 13.0. The van der Waals surface area contributed by atoms with Crippen molar-refractivity contribution in [3.05, 3.63) is 107 Å². The fourth-order valence-electron chi connectivity index (χ4n) is 4.69. The van der Waals surface area contributed by atoms with E-state index >= 15 is 0 Å². The Morgan fingerprint density at radius 2 is 1.63 bits per heavy atom. The van der Waals surface area contributed by atoms with Crippen molar-refractivity contribution in [1.29, 1.82) is 0 Å². The van der Waals surface area contributed by atoms with Gasteiger partial charge in [-0.05, 0) is 59.4 Å². The quantitative estimate of drug-likeness (QED) is 0.202. The number of aromatic amines is 1. The number of aryl methyl sites for hydroxylation is 2. The van der Waals surface area contributed by atoms with Crippen LogP contribution in [0.15, 0.2) is 72.8 Å². The maximum Gasteiger partial charge on any atom is 0.337 e. The van der Waals surface area contributed by atoms with Crippen LogP contribution in [0.25, 0.3) is 22.5 Å². The third-order valence-electron chi connectivity index (χ3n) is 6.84. The highest BCUT2D eigenvalue weighted by molar-refractivity contribution is 5.89. The van der Waals surface area contributed by atoms with E-state index in [2.05, 4.69) is 62.9 Å². The number of nitrogens with zero attached hydrogens (tertiary/aromatic N) is 5. The van der Waals surface area contributed by atoms with Crippen LogP contribution >= 0.6 is 0 Å². The first-order valence-electron chi connectivity index (χ1n) is 13.6. The monoisotopic (exact) mass is 548 g/mol. The minimum atomic E-state index is -0.365. The van der Waals surface area contributed by atoms with E-state index in [-0.39, 0.29) is 5.97 Å². The Labute approximate surface area is 239 Å². The molecule has 0 fully saturated rings. The molecule has 0 unspecified atom stereocenters. The number of rotatable bonds is 11. The molecule has 0 radical (unpaired) electrons. The van der Waals surface area contributed by atoms with Gasteiger partial charge in [0.15, 0.2) is 0 Å². The van der Waals surface area contributed by atoms with Gasteiger partial charge in [0.2, 0.25) is 11.7 Å². The average Bonchev–Trinajstić information content (AvgIpc) is 3.55. The molecule has 0 saturated heterocycles. The van der Waals surface area contributed by atoms with Crippen LogP contribution in [0.3, 0.4) is 0 Å². The number of tetrazole rings is 1. The summed E-state index contributed by atoms with van der Waals surface area (Å²) in [5.74, 6) is 1.47. The van der Waals surface area contributed by atoms with E-state index in [1.807, 2.05) is 37.3 Å². The molecule has 0 spiro atoms. The van der Waals surface area contributed by atoms with E-state index in [9.17, 15) is 4.79 Å². The lowest BCUT2D eigenvalue weighted by Gasteiger charge is -2.16. The van der Waals surface area contributed by atoms with E-state index in [4.69, 9.17) is 14.5 Å². The van der Waals surface area contributed by atoms with Gasteiger partial charge in [-0.1, -0.05) is 74.0 Å². The van der Waals surface area contributed by atoms with Crippen molar-refractivity contribution in [3.8, 4) is 28.4 Å². The predicted octanol–water partition coefficient (Wildman–Crippen LogP) is 5.93. The normalized spacial score (nSPS) is 10.9. The fraction of sp³-hybridized carbons (Fsp3) is 0.250. The fourth-order valence-corrected chi connectivity index (χ4v) is 4.69. The summed E-state index contributed by atoms with van der Waals surface area (Å²) in [6, 6.07) is 23.7. The van der Waals surface area contributed by atoms with Gasteiger partial charge in [-0.2, -0.15) is 10.2 Å². The maximum absolute atomic E-state index is 11.8. The van der Waals surface area contributed by atoms with Crippen LogP contribution in [0.1, 0.15) is 58.3 Å². The molecule has 0 aliphatic carbocycles. The van der Waals surface area contributed by atoms with Gasteiger partial charge >= 0.3 is 5.97 Å². The zero-order valence-corrected chi connectivity index (χ0v) is 23.4. The van der Waals surface area contributed by atoms with Crippen molar-refractivity contribution < 1.29 is 14.3 Å². The zero-order valence-electron chi connectivity index (χ0n) is 23.4. The van der Waals surface area contributed by atoms with E-state index in [0.29, 0.717) is 36.1 Å². The molecule has 0 bridgehead atoms. The summed E-state index contributed by atoms with van der Waals surface area (Å²) in [6.45, 7) is 4.39. The van der Waals surface area contributed by atoms with E-state index in [1.54, 1.807) is 12.1 Å². The van der Waals surface area contributed by atoms with Crippen LogP contribution in [0.4, 0.5) is 0 Å². The molecular formula is C32H32N6O3. The Hall–Kier alpha value is -4.92. The number of carbonyl (C=O) groups is 1. The molecule has 5 aromatic rings. The number of methoxy groups -OCH3 is 1. The first kappa shape index (κ1) is 27.6. The van der Waals surface area contributed by atoms with Gasteiger partial charge in [-0.15, -0.1) is 10.2 Å². The zero-order chi connectivity index (χ0) is 28.6. The van der Waals surface area contributed by atoms with Gasteiger partial charge in [-0.3, -0.25) is 0 Å². The van der Waals surface area contributed by atoms with Crippen molar-refractivity contribution in [2.75, 3.05) is 7.11 Å². The highest BCUT2D eigenvalue weighted by Crippen LogP contribution is 2.31. The topological polar surface area (TPSA) is 116 Å². The molecular weight excluding hydrogens is 516 g/mol. The molecule has 2 heterocycles. The van der Waals surface area contributed by atoms with Crippen LogP contribution in [-0.4, -0.2) is 43.7 Å². The van der Waals surface area contributed by atoms with Crippen LogP contribution in [0.5, 0.6) is 5.88 Å². The summed E-state index contributed by atoms with van der Waals surface area (Å²) in [7, 11) is 1.37. The third-order valence-corrected chi connectivity index (χ3v) is 6.84. The molecule has 0 amide bonds. The van der Waals surface area contributed by atoms with Crippen LogP contribution in [0.2, 0.25) is 0 Å². The Balaban J connectivity index is 1.40. The molecule has 0 saturated carbocycles. The van der Waals surface area contributed by atoms with Gasteiger partial charge in [0, 0.05) is 17.5 Å². The lowest BCUT2D eigenvalue weighted by molar-refractivity contribution is 0.0600. The standard InChI is InChI=1S/C32H32N6O3/c1-4-5-10-29-28(31(34-21(2)33-29)41-20-23-13-17-25(18-14-23)32(39)40-3)19-22-11-15-24(16-12-22)26-8-6-7-9-27(26)30-35-37-38-36-30/h6-9,11-18H,4-5,10,19-20H2,1-3H3,(H,35,36,37,38). The molecule has 5 rings (SSSR count). The number of carbonyl (C=O) groups excluding carboxylic acids is 1. The smallest absolute Gasteiger partial charge is 0.337 e. The molecule has 208 valence electrons. The Bertz CT molecular complexity index is 1600. The molecule has 9 heteroatoms. The minimum Gasteiger partial charge on any atom is -0.472 e. The third kappa shape index (κ3) is 6.63. The number of benzene rings is 3. The Morgan fingerprint density at radius 1 is 0.902 bits per heavy atom. The summed E-state index contributed by atoms with van der Waals surface area (Å²) < 4.78 is 11.1. The summed E-state index contributed by atoms with van der Waals surface area (Å²) in [5.41, 5.74) is 7.58. The number of esters is 1. The largest absolute Gasteiger partial charge is 0.472 e. The average molecular weight is 549 g/mol. The molecule has 2 aromatic heterocycles. The van der Waals surface area contributed by atoms with E-state index in [0.717, 1.165) is 58.3 Å². The molecule has 9 nitrogen and oxygen atoms in total. The number of ether oxygens (including phenoxy) is 2. The summed E-state index contributed by atoms with van der Waals surface area (Å²) >= 11 is 0. The molecule has 0 aliphatic heterocycles. The SMILES string of the molecule is CCCCc1nc(C)nc(OCc2ccc(C(=O)OC)cc2)c1Cc1ccc(-c2ccccc2-c2nn[nH]n2)cc1. The second-order valence-electron chi connectivity index (χ2n) is 9.74. The number of hydrogen-bond donors (Lipinski definition) is 1. The van der Waals surface area contributed by atoms with Gasteiger partial charge in [0.1, 0.15) is 12.4 Å². The van der Waals surface area contributed by atoms with E-state index < -0.39 is 0 Å². The highest BCUT2D eigenvalue weighted by atomic mass is 16.5. The van der Waals surface area contributed by atoms with Crippen molar-refractivity contribution in [2.24, 2.45) is 0 Å². The first-order valence-corrected chi connectivity index (χ1v) is 13.6. The lowest BCUT2D eigenvalue weighted by atomic mass is 9.96. The maximum atomic E-state index is 11.8. The van der Waals surface area contributed by atoms with Crippen molar-refractivity contribution in [1.82, 2.24) is 30.6 Å². The number of aromatic nitrogens is 6. The number of H-pyrrole nitrogens is 1. The molecule has 41 heavy (non-hydrogen) atoms. The Morgan fingerprint density at radius 3 is 2.32 bits per heavy atom. The summed E-state index contributed by atoms with van der Waals surface area (Å²) in [4.78, 5) is 21.3. The predicted molar refractivity (Wildman–Crippen MR) is 155 cm³/mol. The molecule has 1 N–H and O–H groups in total. The Kier molecular flexibility index (Phi) is 8.73. The van der Waals surface area contributed by atoms with Gasteiger partial charge in [-0.25, -0.2) is 9.78 Å². The highest BCUT2D eigenvalue weighted by Gasteiger charge is 2.17. The first-order chi connectivity index (χ1) is 20.1. The second-order valence-corrected chi connectivity index (χ2v) is 9.74. The van der Waals surface area contributed by atoms with Crippen LogP contribution in [0, 0.1) is 6.92 Å². The minimum absolute atomic E-state index is 0.323. The number of nitrogens with one attached hydrogen (secondary N) is 1. The van der Waals surface area contributed by atoms with E-state index in [1.165, 1.54) is 7.11 Å². The lowest BCUT2D eigenvalue weighted by Crippen LogP contribution is -2.09. The number of unbranched alkanes of at least 4 members (excludes halogenated alkanes) is 1. The van der Waals surface area contributed by atoms with Crippen LogP contribution in [-0.2, 0) is 24.2 Å². The van der Waals surface area contributed by atoms with Crippen molar-refractivity contribution in [2.45, 2.75) is 46.1 Å². The van der Waals surface area contributed by atoms with Crippen LogP contribution < -0.4 is 4.74 Å². The van der Waals surface area contributed by atoms with Crippen molar-refractivity contribution >= 4 is 5.97 Å². The molecule has 0 atom stereocenters. The van der Waals surface area contributed by atoms with Gasteiger partial charge in [0.25, 0.3) is 0 Å². The van der Waals surface area contributed by atoms with Gasteiger partial charge < -0.3 is 9.47 Å².